The summed E-state index contributed by atoms with van der Waals surface area (Å²) in [5.74, 6) is -0.186. The maximum atomic E-state index is 11.6. The predicted molar refractivity (Wildman–Crippen MR) is 90.2 cm³/mol. The van der Waals surface area contributed by atoms with Crippen molar-refractivity contribution in [1.29, 1.82) is 0 Å². The summed E-state index contributed by atoms with van der Waals surface area (Å²) in [5, 5.41) is 4.04. The highest BCUT2D eigenvalue weighted by atomic mass is 16.1. The van der Waals surface area contributed by atoms with Crippen LogP contribution in [-0.4, -0.2) is 22.8 Å². The predicted octanol–water partition coefficient (Wildman–Crippen LogP) is 2.60. The number of primary amides is 1. The lowest BCUT2D eigenvalue weighted by Crippen LogP contribution is -2.37. The number of hydrogen-bond donors (Lipinski definition) is 3. The molecule has 5 heteroatoms. The van der Waals surface area contributed by atoms with Crippen molar-refractivity contribution < 1.29 is 9.59 Å². The number of nitrogens with two attached hydrogens (primary N) is 1. The van der Waals surface area contributed by atoms with E-state index in [1.165, 1.54) is 11.6 Å². The van der Waals surface area contributed by atoms with Gasteiger partial charge in [0.05, 0.1) is 11.1 Å². The number of amides is 2. The van der Waals surface area contributed by atoms with Gasteiger partial charge in [-0.15, -0.1) is 0 Å². The normalized spacial score (nSPS) is 21.0. The van der Waals surface area contributed by atoms with Crippen molar-refractivity contribution in [2.24, 2.45) is 5.73 Å². The topological polar surface area (TPSA) is 88.0 Å². The second kappa shape index (κ2) is 6.28. The van der Waals surface area contributed by atoms with Crippen LogP contribution in [0.5, 0.6) is 0 Å². The largest absolute Gasteiger partial charge is 0.366 e. The Bertz CT molecular complexity index is 763. The van der Waals surface area contributed by atoms with Crippen molar-refractivity contribution in [2.45, 2.75) is 37.6 Å². The Kier molecular flexibility index (Phi) is 4.19. The minimum Gasteiger partial charge on any atom is -0.366 e. The van der Waals surface area contributed by atoms with Gasteiger partial charge in [-0.3, -0.25) is 9.59 Å². The molecule has 1 heterocycles. The van der Waals surface area contributed by atoms with Crippen molar-refractivity contribution in [2.75, 3.05) is 0 Å². The van der Waals surface area contributed by atoms with Crippen LogP contribution in [0.3, 0.4) is 0 Å². The fourth-order valence-corrected chi connectivity index (χ4v) is 3.60. The van der Waals surface area contributed by atoms with E-state index in [0.717, 1.165) is 36.6 Å². The Morgan fingerprint density at radius 1 is 1.30 bits per heavy atom. The molecule has 1 fully saturated rings. The zero-order valence-electron chi connectivity index (χ0n) is 13.0. The highest BCUT2D eigenvalue weighted by Gasteiger charge is 2.26. The summed E-state index contributed by atoms with van der Waals surface area (Å²) in [6.07, 6.45) is 7.18. The maximum absolute atomic E-state index is 11.6. The first-order valence-electron chi connectivity index (χ1n) is 7.93. The molecular formula is C18H21N3O2. The van der Waals surface area contributed by atoms with Gasteiger partial charge in [0, 0.05) is 17.6 Å². The minimum atomic E-state index is -0.427. The average molecular weight is 311 g/mol. The summed E-state index contributed by atoms with van der Waals surface area (Å²) in [7, 11) is 0. The van der Waals surface area contributed by atoms with Crippen LogP contribution >= 0.6 is 0 Å². The van der Waals surface area contributed by atoms with Gasteiger partial charge in [0.15, 0.2) is 0 Å². The Morgan fingerprint density at radius 2 is 2.13 bits per heavy atom. The molecule has 0 spiro atoms. The van der Waals surface area contributed by atoms with Gasteiger partial charge in [-0.25, -0.2) is 0 Å². The van der Waals surface area contributed by atoms with E-state index in [2.05, 4.69) is 16.9 Å². The first-order chi connectivity index (χ1) is 11.1. The molecular weight excluding hydrogens is 290 g/mol. The van der Waals surface area contributed by atoms with Gasteiger partial charge in [-0.05, 0) is 49.0 Å². The van der Waals surface area contributed by atoms with Crippen molar-refractivity contribution in [3.8, 4) is 0 Å². The van der Waals surface area contributed by atoms with Gasteiger partial charge in [0.2, 0.25) is 5.91 Å². The van der Waals surface area contributed by atoms with Crippen molar-refractivity contribution in [1.82, 2.24) is 10.3 Å². The number of nitrogens with one attached hydrogen (secondary N) is 2. The number of H-pyrrole nitrogens is 1. The zero-order chi connectivity index (χ0) is 16.4. The van der Waals surface area contributed by atoms with E-state index in [9.17, 15) is 9.59 Å². The molecule has 0 unspecified atom stereocenters. The fourth-order valence-electron chi connectivity index (χ4n) is 3.60. The summed E-state index contributed by atoms with van der Waals surface area (Å²) in [6.45, 7) is 3.50. The summed E-state index contributed by atoms with van der Waals surface area (Å²) >= 11 is 0. The van der Waals surface area contributed by atoms with Crippen molar-refractivity contribution in [3.05, 3.63) is 48.2 Å². The third-order valence-electron chi connectivity index (χ3n) is 4.67. The zero-order valence-corrected chi connectivity index (χ0v) is 13.0. The van der Waals surface area contributed by atoms with Crippen LogP contribution in [-0.2, 0) is 4.79 Å². The molecule has 5 nitrogen and oxygen atoms in total. The minimum absolute atomic E-state index is 0.119. The summed E-state index contributed by atoms with van der Waals surface area (Å²) in [6, 6.07) is 5.95. The number of benzene rings is 1. The molecule has 4 N–H and O–H groups in total. The van der Waals surface area contributed by atoms with Crippen LogP contribution in [0, 0.1) is 0 Å². The molecule has 1 saturated carbocycles. The highest BCUT2D eigenvalue weighted by Crippen LogP contribution is 2.37. The van der Waals surface area contributed by atoms with Crippen LogP contribution in [0.1, 0.15) is 47.5 Å². The molecule has 1 aromatic heterocycles. The van der Waals surface area contributed by atoms with Crippen LogP contribution in [0.4, 0.5) is 0 Å². The smallest absolute Gasteiger partial charge is 0.250 e. The van der Waals surface area contributed by atoms with E-state index in [4.69, 9.17) is 5.73 Å². The third kappa shape index (κ3) is 2.99. The molecule has 2 amide bonds. The fraction of sp³-hybridized carbons (Fsp3) is 0.333. The lowest BCUT2D eigenvalue weighted by molar-refractivity contribution is -0.117. The Labute approximate surface area is 134 Å². The van der Waals surface area contributed by atoms with Gasteiger partial charge < -0.3 is 16.0 Å². The quantitative estimate of drug-likeness (QED) is 0.758. The molecule has 0 bridgehead atoms. The molecule has 0 saturated heterocycles. The van der Waals surface area contributed by atoms with Crippen LogP contribution in [0.2, 0.25) is 0 Å². The molecule has 0 aliphatic heterocycles. The highest BCUT2D eigenvalue weighted by molar-refractivity contribution is 6.05. The molecule has 1 aliphatic rings. The molecule has 1 aliphatic carbocycles. The van der Waals surface area contributed by atoms with Crippen LogP contribution in [0.15, 0.2) is 37.1 Å². The number of aromatic amines is 1. The molecule has 0 radical (unpaired) electrons. The van der Waals surface area contributed by atoms with E-state index < -0.39 is 5.91 Å². The second-order valence-corrected chi connectivity index (χ2v) is 6.11. The summed E-state index contributed by atoms with van der Waals surface area (Å²) in [4.78, 5) is 26.2. The number of aromatic nitrogens is 1. The lowest BCUT2D eigenvalue weighted by Gasteiger charge is -2.30. The van der Waals surface area contributed by atoms with Crippen LogP contribution in [0.25, 0.3) is 10.9 Å². The molecule has 2 atom stereocenters. The van der Waals surface area contributed by atoms with Crippen LogP contribution < -0.4 is 11.1 Å². The number of carbonyl (C=O) groups is 2. The Balaban J connectivity index is 1.89. The number of rotatable bonds is 4. The lowest BCUT2D eigenvalue weighted by atomic mass is 9.80. The number of hydrogen-bond acceptors (Lipinski definition) is 2. The van der Waals surface area contributed by atoms with E-state index in [1.54, 1.807) is 6.07 Å². The van der Waals surface area contributed by atoms with Gasteiger partial charge >= 0.3 is 0 Å². The molecule has 23 heavy (non-hydrogen) atoms. The number of carbonyl (C=O) groups excluding carboxylic acids is 2. The molecule has 3 rings (SSSR count). The maximum Gasteiger partial charge on any atom is 0.250 e. The average Bonchev–Trinajstić information content (AvgIpc) is 3.03. The number of fused-ring (bicyclic) bond motifs is 1. The van der Waals surface area contributed by atoms with Gasteiger partial charge in [0.25, 0.3) is 5.91 Å². The van der Waals surface area contributed by atoms with Gasteiger partial charge in [-0.1, -0.05) is 19.1 Å². The summed E-state index contributed by atoms with van der Waals surface area (Å²) < 4.78 is 0. The first-order valence-corrected chi connectivity index (χ1v) is 7.93. The molecule has 1 aromatic carbocycles. The molecule has 2 aromatic rings. The van der Waals surface area contributed by atoms with E-state index >= 15 is 0 Å². The van der Waals surface area contributed by atoms with E-state index in [0.29, 0.717) is 11.5 Å². The second-order valence-electron chi connectivity index (χ2n) is 6.11. The van der Waals surface area contributed by atoms with Crippen molar-refractivity contribution in [3.63, 3.8) is 0 Å². The summed E-state index contributed by atoms with van der Waals surface area (Å²) in [5.41, 5.74) is 7.97. The van der Waals surface area contributed by atoms with E-state index in [-0.39, 0.29) is 11.9 Å². The monoisotopic (exact) mass is 311 g/mol. The standard InChI is InChI=1S/C18H21N3O2/c1-2-16(22)21-12-5-3-4-11(10-12)13-6-7-15(18(19)23)17-14(13)8-9-20-17/h2,6-9,11-12,20H,1,3-5,10H2,(H2,19,23)(H,21,22)/t11-,12-/m1/s1. The van der Waals surface area contributed by atoms with Gasteiger partial charge in [-0.2, -0.15) is 0 Å². The van der Waals surface area contributed by atoms with Gasteiger partial charge in [0.1, 0.15) is 0 Å². The molecule has 120 valence electrons. The first kappa shape index (κ1) is 15.3. The van der Waals surface area contributed by atoms with Crippen molar-refractivity contribution >= 4 is 22.7 Å². The SMILES string of the molecule is C=CC(=O)N[C@@H]1CCC[C@@H](c2ccc(C(N)=O)c3[nH]ccc23)C1. The third-order valence-corrected chi connectivity index (χ3v) is 4.67. The Morgan fingerprint density at radius 3 is 2.87 bits per heavy atom. The Hall–Kier alpha value is -2.56. The van der Waals surface area contributed by atoms with E-state index in [1.807, 2.05) is 18.3 Å².